The van der Waals surface area contributed by atoms with Crippen molar-refractivity contribution in [2.75, 3.05) is 11.9 Å². The predicted octanol–water partition coefficient (Wildman–Crippen LogP) is 3.24. The van der Waals surface area contributed by atoms with E-state index in [2.05, 4.69) is 5.32 Å². The van der Waals surface area contributed by atoms with Crippen LogP contribution in [-0.4, -0.2) is 12.1 Å². The molecule has 1 aromatic rings. The second-order valence-electron chi connectivity index (χ2n) is 5.10. The van der Waals surface area contributed by atoms with E-state index < -0.39 is 11.7 Å². The molecule has 0 aromatic heterocycles. The van der Waals surface area contributed by atoms with Gasteiger partial charge in [0.2, 0.25) is 0 Å². The van der Waals surface area contributed by atoms with Crippen LogP contribution < -0.4 is 11.1 Å². The molecule has 1 unspecified atom stereocenters. The molecular weight excluding hydrogens is 241 g/mol. The second kappa shape index (κ2) is 4.46. The molecule has 3 N–H and O–H groups in total. The minimum atomic E-state index is -4.29. The fourth-order valence-electron chi connectivity index (χ4n) is 2.11. The third-order valence-electron chi connectivity index (χ3n) is 3.54. The van der Waals surface area contributed by atoms with Crippen molar-refractivity contribution in [2.45, 2.75) is 31.5 Å². The van der Waals surface area contributed by atoms with E-state index >= 15 is 0 Å². The Labute approximate surface area is 104 Å². The van der Waals surface area contributed by atoms with Crippen molar-refractivity contribution in [3.05, 3.63) is 29.8 Å². The van der Waals surface area contributed by atoms with Crippen LogP contribution in [0.2, 0.25) is 0 Å². The third-order valence-corrected chi connectivity index (χ3v) is 3.54. The van der Waals surface area contributed by atoms with Gasteiger partial charge >= 0.3 is 6.18 Å². The average Bonchev–Trinajstić information content (AvgIpc) is 3.12. The van der Waals surface area contributed by atoms with Gasteiger partial charge in [-0.2, -0.15) is 13.2 Å². The monoisotopic (exact) mass is 258 g/mol. The minimum Gasteiger partial charge on any atom is -0.378 e. The van der Waals surface area contributed by atoms with Crippen LogP contribution in [0.3, 0.4) is 0 Å². The first kappa shape index (κ1) is 13.2. The van der Waals surface area contributed by atoms with Crippen LogP contribution in [0.25, 0.3) is 0 Å². The summed E-state index contributed by atoms with van der Waals surface area (Å²) in [5.41, 5.74) is 5.58. The molecule has 1 aromatic carbocycles. The van der Waals surface area contributed by atoms with Crippen molar-refractivity contribution in [1.29, 1.82) is 0 Å². The summed E-state index contributed by atoms with van der Waals surface area (Å²) < 4.78 is 37.3. The number of nitrogens with one attached hydrogen (secondary N) is 1. The fourth-order valence-corrected chi connectivity index (χ4v) is 2.11. The van der Waals surface area contributed by atoms with Gasteiger partial charge in [-0.25, -0.2) is 0 Å². The Morgan fingerprint density at radius 1 is 1.22 bits per heavy atom. The summed E-state index contributed by atoms with van der Waals surface area (Å²) in [5.74, 6) is 0.518. The highest BCUT2D eigenvalue weighted by molar-refractivity contribution is 5.48. The largest absolute Gasteiger partial charge is 0.416 e. The van der Waals surface area contributed by atoms with Crippen molar-refractivity contribution >= 4 is 5.69 Å². The molecule has 1 aliphatic rings. The summed E-state index contributed by atoms with van der Waals surface area (Å²) in [7, 11) is 0. The lowest BCUT2D eigenvalue weighted by molar-refractivity contribution is -0.137. The smallest absolute Gasteiger partial charge is 0.378 e. The Hall–Kier alpha value is -1.23. The Kier molecular flexibility index (Phi) is 3.27. The lowest BCUT2D eigenvalue weighted by Gasteiger charge is -2.31. The van der Waals surface area contributed by atoms with E-state index in [1.54, 1.807) is 0 Å². The molecule has 2 rings (SSSR count). The van der Waals surface area contributed by atoms with E-state index in [1.807, 2.05) is 6.92 Å². The highest BCUT2D eigenvalue weighted by Crippen LogP contribution is 2.41. The van der Waals surface area contributed by atoms with Crippen LogP contribution in [0.5, 0.6) is 0 Å². The van der Waals surface area contributed by atoms with E-state index in [1.165, 1.54) is 12.1 Å². The first-order chi connectivity index (χ1) is 8.35. The van der Waals surface area contributed by atoms with E-state index in [0.29, 0.717) is 18.2 Å². The highest BCUT2D eigenvalue weighted by Gasteiger charge is 2.40. The number of benzene rings is 1. The zero-order chi connectivity index (χ0) is 13.4. The number of nitrogens with two attached hydrogens (primary N) is 1. The Bertz CT molecular complexity index is 409. The normalized spacial score (nSPS) is 19.4. The van der Waals surface area contributed by atoms with Gasteiger partial charge in [0.15, 0.2) is 0 Å². The molecule has 0 saturated heterocycles. The number of hydrogen-bond acceptors (Lipinski definition) is 2. The van der Waals surface area contributed by atoms with Crippen molar-refractivity contribution in [1.82, 2.24) is 0 Å². The van der Waals surface area contributed by atoms with Gasteiger partial charge in [0.1, 0.15) is 0 Å². The number of alkyl halides is 3. The van der Waals surface area contributed by atoms with Gasteiger partial charge in [0.25, 0.3) is 0 Å². The summed E-state index contributed by atoms with van der Waals surface area (Å²) in [6, 6.07) is 5.09. The van der Waals surface area contributed by atoms with Crippen molar-refractivity contribution in [3.8, 4) is 0 Å². The molecule has 0 bridgehead atoms. The number of halogens is 3. The highest BCUT2D eigenvalue weighted by atomic mass is 19.4. The lowest BCUT2D eigenvalue weighted by Crippen LogP contribution is -2.44. The third kappa shape index (κ3) is 2.77. The first-order valence-corrected chi connectivity index (χ1v) is 6.01. The lowest BCUT2D eigenvalue weighted by atomic mass is 9.95. The molecule has 0 amide bonds. The molecule has 100 valence electrons. The minimum absolute atomic E-state index is 0.222. The van der Waals surface area contributed by atoms with Gasteiger partial charge in [-0.3, -0.25) is 0 Å². The van der Waals surface area contributed by atoms with Crippen LogP contribution in [0, 0.1) is 5.92 Å². The zero-order valence-electron chi connectivity index (χ0n) is 10.2. The van der Waals surface area contributed by atoms with Crippen molar-refractivity contribution in [2.24, 2.45) is 11.7 Å². The summed E-state index contributed by atoms with van der Waals surface area (Å²) in [4.78, 5) is 0. The standard InChI is InChI=1S/C13H17F3N2/c1-12(8-17,9-2-3-9)18-11-6-4-10(5-7-11)13(14,15)16/h4-7,9,18H,2-3,8,17H2,1H3. The maximum Gasteiger partial charge on any atom is 0.416 e. The summed E-state index contributed by atoms with van der Waals surface area (Å²) >= 11 is 0. The quantitative estimate of drug-likeness (QED) is 0.870. The SMILES string of the molecule is CC(CN)(Nc1ccc(C(F)(F)F)cc1)C1CC1. The van der Waals surface area contributed by atoms with Gasteiger partial charge < -0.3 is 11.1 Å². The second-order valence-corrected chi connectivity index (χ2v) is 5.10. The molecule has 0 radical (unpaired) electrons. The maximum absolute atomic E-state index is 12.4. The molecule has 5 heteroatoms. The molecular formula is C13H17F3N2. The van der Waals surface area contributed by atoms with Crippen molar-refractivity contribution in [3.63, 3.8) is 0 Å². The van der Waals surface area contributed by atoms with E-state index in [9.17, 15) is 13.2 Å². The Morgan fingerprint density at radius 3 is 2.17 bits per heavy atom. The number of rotatable bonds is 4. The fraction of sp³-hybridized carbons (Fsp3) is 0.538. The van der Waals surface area contributed by atoms with Crippen molar-refractivity contribution < 1.29 is 13.2 Å². The molecule has 18 heavy (non-hydrogen) atoms. The topological polar surface area (TPSA) is 38.0 Å². The molecule has 0 aliphatic heterocycles. The van der Waals surface area contributed by atoms with E-state index in [4.69, 9.17) is 5.73 Å². The first-order valence-electron chi connectivity index (χ1n) is 6.01. The van der Waals surface area contributed by atoms with Gasteiger partial charge in [0, 0.05) is 17.8 Å². The summed E-state index contributed by atoms with van der Waals surface area (Å²) in [5, 5.41) is 3.25. The summed E-state index contributed by atoms with van der Waals surface area (Å²) in [6.45, 7) is 2.49. The molecule has 1 atom stereocenters. The Balaban J connectivity index is 2.10. The number of anilines is 1. The van der Waals surface area contributed by atoms with Crippen LogP contribution in [0.15, 0.2) is 24.3 Å². The molecule has 0 spiro atoms. The van der Waals surface area contributed by atoms with Gasteiger partial charge in [0.05, 0.1) is 5.56 Å². The van der Waals surface area contributed by atoms with Gasteiger partial charge in [-0.1, -0.05) is 0 Å². The predicted molar refractivity (Wildman–Crippen MR) is 65.3 cm³/mol. The molecule has 0 heterocycles. The molecule has 1 saturated carbocycles. The van der Waals surface area contributed by atoms with E-state index in [0.717, 1.165) is 25.0 Å². The molecule has 2 nitrogen and oxygen atoms in total. The number of hydrogen-bond donors (Lipinski definition) is 2. The van der Waals surface area contributed by atoms with Crippen LogP contribution >= 0.6 is 0 Å². The summed E-state index contributed by atoms with van der Waals surface area (Å²) in [6.07, 6.45) is -2.03. The molecule has 1 aliphatic carbocycles. The van der Waals surface area contributed by atoms with Crippen LogP contribution in [0.1, 0.15) is 25.3 Å². The van der Waals surface area contributed by atoms with Gasteiger partial charge in [-0.05, 0) is 49.9 Å². The van der Waals surface area contributed by atoms with E-state index in [-0.39, 0.29) is 5.54 Å². The molecule has 1 fully saturated rings. The van der Waals surface area contributed by atoms with Crippen LogP contribution in [-0.2, 0) is 6.18 Å². The van der Waals surface area contributed by atoms with Gasteiger partial charge in [-0.15, -0.1) is 0 Å². The average molecular weight is 258 g/mol. The Morgan fingerprint density at radius 2 is 1.78 bits per heavy atom. The zero-order valence-corrected chi connectivity index (χ0v) is 10.2. The maximum atomic E-state index is 12.4. The van der Waals surface area contributed by atoms with Crippen LogP contribution in [0.4, 0.5) is 18.9 Å².